The van der Waals surface area contributed by atoms with Gasteiger partial charge < -0.3 is 4.79 Å². The first-order valence-corrected chi connectivity index (χ1v) is 3.86. The highest BCUT2D eigenvalue weighted by Gasteiger charge is 2.06. The third-order valence-corrected chi connectivity index (χ3v) is 1.71. The van der Waals surface area contributed by atoms with Crippen molar-refractivity contribution in [3.8, 4) is 0 Å². The number of rotatable bonds is 3. The van der Waals surface area contributed by atoms with Crippen molar-refractivity contribution in [3.63, 3.8) is 0 Å². The molecule has 0 aliphatic carbocycles. The normalized spacial score (nSPS) is 9.83. The van der Waals surface area contributed by atoms with Gasteiger partial charge in [-0.3, -0.25) is 4.98 Å². The van der Waals surface area contributed by atoms with E-state index in [1.54, 1.807) is 0 Å². The van der Waals surface area contributed by atoms with E-state index in [9.17, 15) is 9.18 Å². The Morgan fingerprint density at radius 3 is 3.08 bits per heavy atom. The number of aromatic nitrogens is 1. The molecule has 64 valence electrons. The van der Waals surface area contributed by atoms with E-state index in [-0.39, 0.29) is 17.1 Å². The van der Waals surface area contributed by atoms with Gasteiger partial charge >= 0.3 is 0 Å². The molecule has 1 aromatic heterocycles. The molecule has 0 saturated carbocycles. The second kappa shape index (κ2) is 4.16. The minimum Gasteiger partial charge on any atom is -0.303 e. The predicted molar refractivity (Wildman–Crippen MR) is 43.6 cm³/mol. The minimum absolute atomic E-state index is 0.0471. The number of pyridine rings is 1. The Labute approximate surface area is 74.4 Å². The molecule has 0 amide bonds. The van der Waals surface area contributed by atoms with Crippen molar-refractivity contribution in [2.45, 2.75) is 12.8 Å². The maximum absolute atomic E-state index is 13.0. The van der Waals surface area contributed by atoms with Crippen molar-refractivity contribution < 1.29 is 9.18 Å². The fraction of sp³-hybridized carbons (Fsp3) is 0.250. The highest BCUT2D eigenvalue weighted by atomic mass is 35.5. The lowest BCUT2D eigenvalue weighted by Gasteiger charge is -1.99. The van der Waals surface area contributed by atoms with Gasteiger partial charge in [0.1, 0.15) is 6.29 Å². The first-order chi connectivity index (χ1) is 5.75. The van der Waals surface area contributed by atoms with Crippen LogP contribution >= 0.6 is 11.6 Å². The lowest BCUT2D eigenvalue weighted by molar-refractivity contribution is -0.107. The van der Waals surface area contributed by atoms with Crippen LogP contribution in [0.15, 0.2) is 12.3 Å². The van der Waals surface area contributed by atoms with E-state index >= 15 is 0 Å². The molecule has 2 nitrogen and oxygen atoms in total. The van der Waals surface area contributed by atoms with Crippen LogP contribution in [0, 0.1) is 5.82 Å². The molecule has 0 fully saturated rings. The number of nitrogens with zero attached hydrogens (tertiary/aromatic N) is 1. The molecule has 4 heteroatoms. The van der Waals surface area contributed by atoms with E-state index in [0.29, 0.717) is 6.42 Å². The Morgan fingerprint density at radius 2 is 2.42 bits per heavy atom. The van der Waals surface area contributed by atoms with E-state index in [0.717, 1.165) is 6.29 Å². The SMILES string of the molecule is O=CCCc1nccc(Cl)c1F. The van der Waals surface area contributed by atoms with Crippen LogP contribution in [0.3, 0.4) is 0 Å². The Balaban J connectivity index is 2.84. The number of hydrogen-bond donors (Lipinski definition) is 0. The Morgan fingerprint density at radius 1 is 1.67 bits per heavy atom. The van der Waals surface area contributed by atoms with E-state index in [1.165, 1.54) is 12.3 Å². The van der Waals surface area contributed by atoms with E-state index < -0.39 is 5.82 Å². The zero-order chi connectivity index (χ0) is 8.97. The van der Waals surface area contributed by atoms with Crippen LogP contribution in [0.2, 0.25) is 5.02 Å². The molecule has 0 aliphatic heterocycles. The van der Waals surface area contributed by atoms with Gasteiger partial charge in [0, 0.05) is 12.6 Å². The predicted octanol–water partition coefficient (Wildman–Crippen LogP) is 2.01. The van der Waals surface area contributed by atoms with E-state index in [4.69, 9.17) is 11.6 Å². The van der Waals surface area contributed by atoms with Crippen LogP contribution in [0.5, 0.6) is 0 Å². The smallest absolute Gasteiger partial charge is 0.163 e. The second-order valence-electron chi connectivity index (χ2n) is 2.26. The van der Waals surface area contributed by atoms with Crippen molar-refractivity contribution in [1.29, 1.82) is 0 Å². The molecular weight excluding hydrogens is 181 g/mol. The summed E-state index contributed by atoms with van der Waals surface area (Å²) in [5.74, 6) is -0.527. The molecule has 1 heterocycles. The highest BCUT2D eigenvalue weighted by Crippen LogP contribution is 2.16. The fourth-order valence-electron chi connectivity index (χ4n) is 0.830. The summed E-state index contributed by atoms with van der Waals surface area (Å²) in [7, 11) is 0. The van der Waals surface area contributed by atoms with Gasteiger partial charge in [-0.2, -0.15) is 0 Å². The van der Waals surface area contributed by atoms with Crippen LogP contribution < -0.4 is 0 Å². The van der Waals surface area contributed by atoms with Crippen molar-refractivity contribution in [1.82, 2.24) is 4.98 Å². The molecule has 0 unspecified atom stereocenters. The summed E-state index contributed by atoms with van der Waals surface area (Å²) in [5.41, 5.74) is 0.245. The monoisotopic (exact) mass is 187 g/mol. The average molecular weight is 188 g/mol. The van der Waals surface area contributed by atoms with Gasteiger partial charge in [-0.25, -0.2) is 4.39 Å². The van der Waals surface area contributed by atoms with Gasteiger partial charge in [0.15, 0.2) is 5.82 Å². The summed E-state index contributed by atoms with van der Waals surface area (Å²) in [4.78, 5) is 13.7. The van der Waals surface area contributed by atoms with E-state index in [1.807, 2.05) is 0 Å². The fourth-order valence-corrected chi connectivity index (χ4v) is 0.996. The van der Waals surface area contributed by atoms with Gasteiger partial charge in [-0.15, -0.1) is 0 Å². The first-order valence-electron chi connectivity index (χ1n) is 3.48. The molecule has 0 atom stereocenters. The first kappa shape index (κ1) is 9.13. The molecule has 0 radical (unpaired) electrons. The van der Waals surface area contributed by atoms with Gasteiger partial charge in [-0.05, 0) is 12.5 Å². The molecule has 12 heavy (non-hydrogen) atoms. The lowest BCUT2D eigenvalue weighted by Crippen LogP contribution is -1.95. The third kappa shape index (κ3) is 2.01. The van der Waals surface area contributed by atoms with Crippen LogP contribution in [0.4, 0.5) is 4.39 Å². The molecule has 0 aliphatic rings. The number of carbonyl (C=O) groups is 1. The zero-order valence-corrected chi connectivity index (χ0v) is 7.01. The highest BCUT2D eigenvalue weighted by molar-refractivity contribution is 6.30. The Hall–Kier alpha value is -0.960. The van der Waals surface area contributed by atoms with Gasteiger partial charge in [0.2, 0.25) is 0 Å². The van der Waals surface area contributed by atoms with E-state index in [2.05, 4.69) is 4.98 Å². The molecule has 0 N–H and O–H groups in total. The summed E-state index contributed by atoms with van der Waals surface area (Å²) in [6, 6.07) is 1.38. The summed E-state index contributed by atoms with van der Waals surface area (Å²) in [5, 5.41) is 0.0471. The van der Waals surface area contributed by atoms with Crippen molar-refractivity contribution in [2.24, 2.45) is 0 Å². The summed E-state index contributed by atoms with van der Waals surface area (Å²) in [6.07, 6.45) is 2.72. The average Bonchev–Trinajstić information content (AvgIpc) is 2.08. The lowest BCUT2D eigenvalue weighted by atomic mass is 10.2. The van der Waals surface area contributed by atoms with Crippen molar-refractivity contribution in [3.05, 3.63) is 28.8 Å². The second-order valence-corrected chi connectivity index (χ2v) is 2.67. The van der Waals surface area contributed by atoms with Crippen molar-refractivity contribution in [2.75, 3.05) is 0 Å². The summed E-state index contributed by atoms with van der Waals surface area (Å²) < 4.78 is 13.0. The molecule has 0 bridgehead atoms. The largest absolute Gasteiger partial charge is 0.303 e. The van der Waals surface area contributed by atoms with Crippen LogP contribution in [-0.4, -0.2) is 11.3 Å². The number of carbonyl (C=O) groups excluding carboxylic acids is 1. The third-order valence-electron chi connectivity index (χ3n) is 1.41. The minimum atomic E-state index is -0.527. The van der Waals surface area contributed by atoms with Crippen LogP contribution in [0.25, 0.3) is 0 Å². The summed E-state index contributed by atoms with van der Waals surface area (Å²) >= 11 is 5.49. The van der Waals surface area contributed by atoms with Gasteiger partial charge in [-0.1, -0.05) is 11.6 Å². The number of aryl methyl sites for hydroxylation is 1. The molecule has 0 aromatic carbocycles. The maximum atomic E-state index is 13.0. The van der Waals surface area contributed by atoms with Crippen LogP contribution in [0.1, 0.15) is 12.1 Å². The molecule has 1 aromatic rings. The Bertz CT molecular complexity index is 290. The Kier molecular flexibility index (Phi) is 3.17. The molecule has 1 rings (SSSR count). The standard InChI is InChI=1S/C8H7ClFNO/c9-6-3-4-11-7(8(6)10)2-1-5-12/h3-5H,1-2H2. The maximum Gasteiger partial charge on any atom is 0.163 e. The van der Waals surface area contributed by atoms with Crippen molar-refractivity contribution >= 4 is 17.9 Å². The topological polar surface area (TPSA) is 30.0 Å². The zero-order valence-electron chi connectivity index (χ0n) is 6.26. The summed E-state index contributed by atoms with van der Waals surface area (Å²) in [6.45, 7) is 0. The van der Waals surface area contributed by atoms with Gasteiger partial charge in [0.05, 0.1) is 10.7 Å². The van der Waals surface area contributed by atoms with Gasteiger partial charge in [0.25, 0.3) is 0 Å². The molecule has 0 saturated heterocycles. The number of halogens is 2. The quantitative estimate of drug-likeness (QED) is 0.678. The number of aldehydes is 1. The molecular formula is C8H7ClFNO. The number of hydrogen-bond acceptors (Lipinski definition) is 2. The van der Waals surface area contributed by atoms with Crippen LogP contribution in [-0.2, 0) is 11.2 Å². The molecule has 0 spiro atoms.